The van der Waals surface area contributed by atoms with Crippen LogP contribution >= 0.6 is 0 Å². The molecular weight excluding hydrogens is 787 g/mol. The standard InChI is InChI=1S/C62H45N3/c1-60(2)51-32-29-40(36-49(51)56-44-22-12-11-17-38(44)28-34-54(56)60)58-63-57(64-59(65-58)41-27-31-47-45-23-13-15-25-50(45)61(3,4)55(47)37-41)39-30-33-53-48(35-39)46-24-14-16-26-52(46)62(53,42-18-7-5-8-19-42)43-20-9-6-10-21-43/h5-37H,1-4H3. The second kappa shape index (κ2) is 13.6. The second-order valence-electron chi connectivity index (χ2n) is 19.1. The molecule has 0 saturated heterocycles. The highest BCUT2D eigenvalue weighted by Gasteiger charge is 2.46. The number of fused-ring (bicyclic) bond motifs is 11. The van der Waals surface area contributed by atoms with Gasteiger partial charge in [-0.1, -0.05) is 210 Å². The first-order valence-electron chi connectivity index (χ1n) is 22.8. The van der Waals surface area contributed by atoms with Crippen LogP contribution in [0.3, 0.4) is 0 Å². The predicted octanol–water partition coefficient (Wildman–Crippen LogP) is 15.0. The van der Waals surface area contributed by atoms with Crippen LogP contribution in [-0.2, 0) is 16.2 Å². The van der Waals surface area contributed by atoms with Crippen molar-refractivity contribution in [2.45, 2.75) is 43.9 Å². The molecule has 308 valence electrons. The second-order valence-corrected chi connectivity index (χ2v) is 19.1. The van der Waals surface area contributed by atoms with Gasteiger partial charge in [0.15, 0.2) is 17.5 Å². The van der Waals surface area contributed by atoms with Crippen LogP contribution in [0.25, 0.3) is 78.3 Å². The van der Waals surface area contributed by atoms with Crippen molar-refractivity contribution in [3.8, 4) is 67.5 Å². The summed E-state index contributed by atoms with van der Waals surface area (Å²) in [4.78, 5) is 16.2. The van der Waals surface area contributed by atoms with Gasteiger partial charge in [-0.15, -0.1) is 0 Å². The van der Waals surface area contributed by atoms with E-state index in [-0.39, 0.29) is 10.8 Å². The van der Waals surface area contributed by atoms with Gasteiger partial charge in [0.2, 0.25) is 0 Å². The minimum absolute atomic E-state index is 0.146. The van der Waals surface area contributed by atoms with E-state index in [1.807, 2.05) is 0 Å². The van der Waals surface area contributed by atoms with Crippen LogP contribution in [0, 0.1) is 0 Å². The van der Waals surface area contributed by atoms with Crippen molar-refractivity contribution in [3.05, 3.63) is 245 Å². The fourth-order valence-corrected chi connectivity index (χ4v) is 11.9. The number of aromatic nitrogens is 3. The van der Waals surface area contributed by atoms with Gasteiger partial charge < -0.3 is 0 Å². The molecule has 0 aliphatic heterocycles. The molecule has 0 N–H and O–H groups in total. The number of hydrogen-bond acceptors (Lipinski definition) is 3. The molecule has 13 rings (SSSR count). The zero-order chi connectivity index (χ0) is 43.7. The summed E-state index contributed by atoms with van der Waals surface area (Å²) >= 11 is 0. The lowest BCUT2D eigenvalue weighted by atomic mass is 9.67. The van der Waals surface area contributed by atoms with E-state index in [0.717, 1.165) is 16.7 Å². The van der Waals surface area contributed by atoms with Gasteiger partial charge in [0.25, 0.3) is 0 Å². The van der Waals surface area contributed by atoms with E-state index < -0.39 is 5.41 Å². The molecule has 3 aliphatic rings. The van der Waals surface area contributed by atoms with Crippen LogP contribution in [0.15, 0.2) is 200 Å². The summed E-state index contributed by atoms with van der Waals surface area (Å²) in [6, 6.07) is 73.4. The van der Waals surface area contributed by atoms with Gasteiger partial charge in [0, 0.05) is 27.5 Å². The van der Waals surface area contributed by atoms with E-state index in [0.29, 0.717) is 17.5 Å². The SMILES string of the molecule is CC1(C)c2ccccc2-c2ccc(-c3nc(-c4ccc5c(c4)-c4c(ccc6ccccc46)C5(C)C)nc(-c4ccc5c(c4)-c4ccccc4C5(c4ccccc4)c4ccccc4)n3)cc21. The molecule has 65 heavy (non-hydrogen) atoms. The van der Waals surface area contributed by atoms with E-state index in [1.165, 1.54) is 88.7 Å². The maximum Gasteiger partial charge on any atom is 0.164 e. The molecule has 0 spiro atoms. The molecule has 10 aromatic rings. The summed E-state index contributed by atoms with van der Waals surface area (Å²) in [7, 11) is 0. The summed E-state index contributed by atoms with van der Waals surface area (Å²) in [5.41, 5.74) is 19.9. The quantitative estimate of drug-likeness (QED) is 0.173. The molecule has 0 radical (unpaired) electrons. The van der Waals surface area contributed by atoms with Gasteiger partial charge in [-0.3, -0.25) is 0 Å². The summed E-state index contributed by atoms with van der Waals surface area (Å²) < 4.78 is 0. The zero-order valence-corrected chi connectivity index (χ0v) is 36.9. The lowest BCUT2D eigenvalue weighted by Gasteiger charge is -2.33. The average molecular weight is 832 g/mol. The molecule has 0 unspecified atom stereocenters. The number of benzene rings is 9. The Morgan fingerprint density at radius 2 is 0.754 bits per heavy atom. The number of nitrogens with zero attached hydrogens (tertiary/aromatic N) is 3. The van der Waals surface area contributed by atoms with Crippen LogP contribution in [0.5, 0.6) is 0 Å². The first kappa shape index (κ1) is 37.8. The Bertz CT molecular complexity index is 3560. The van der Waals surface area contributed by atoms with Crippen molar-refractivity contribution in [3.63, 3.8) is 0 Å². The Morgan fingerprint density at radius 1 is 0.308 bits per heavy atom. The monoisotopic (exact) mass is 831 g/mol. The summed E-state index contributed by atoms with van der Waals surface area (Å²) in [6.07, 6.45) is 0. The molecule has 0 bridgehead atoms. The van der Waals surface area contributed by atoms with Crippen LogP contribution in [0.4, 0.5) is 0 Å². The van der Waals surface area contributed by atoms with E-state index in [1.54, 1.807) is 0 Å². The van der Waals surface area contributed by atoms with Gasteiger partial charge in [-0.2, -0.15) is 0 Å². The summed E-state index contributed by atoms with van der Waals surface area (Å²) in [5, 5.41) is 2.52. The molecule has 0 atom stereocenters. The molecular formula is C62H45N3. The Balaban J connectivity index is 1.03. The smallest absolute Gasteiger partial charge is 0.164 e. The lowest BCUT2D eigenvalue weighted by Crippen LogP contribution is -2.28. The maximum atomic E-state index is 5.42. The third-order valence-corrected chi connectivity index (χ3v) is 15.0. The summed E-state index contributed by atoms with van der Waals surface area (Å²) in [5.74, 6) is 1.97. The van der Waals surface area contributed by atoms with Crippen LogP contribution in [0.1, 0.15) is 72.2 Å². The van der Waals surface area contributed by atoms with Gasteiger partial charge in [-0.05, 0) is 107 Å². The predicted molar refractivity (Wildman–Crippen MR) is 266 cm³/mol. The molecule has 3 heteroatoms. The highest BCUT2D eigenvalue weighted by Crippen LogP contribution is 2.57. The van der Waals surface area contributed by atoms with Gasteiger partial charge in [0.05, 0.1) is 5.41 Å². The largest absolute Gasteiger partial charge is 0.208 e. The molecule has 0 amide bonds. The van der Waals surface area contributed by atoms with Crippen molar-refractivity contribution in [1.29, 1.82) is 0 Å². The Morgan fingerprint density at radius 3 is 1.43 bits per heavy atom. The van der Waals surface area contributed by atoms with E-state index in [9.17, 15) is 0 Å². The highest BCUT2D eigenvalue weighted by molar-refractivity contribution is 6.03. The molecule has 9 aromatic carbocycles. The molecule has 1 aromatic heterocycles. The fraction of sp³-hybridized carbons (Fsp3) is 0.113. The van der Waals surface area contributed by atoms with Crippen LogP contribution in [-0.4, -0.2) is 15.0 Å². The van der Waals surface area contributed by atoms with Crippen molar-refractivity contribution in [2.24, 2.45) is 0 Å². The van der Waals surface area contributed by atoms with Crippen molar-refractivity contribution < 1.29 is 0 Å². The normalized spacial score (nSPS) is 15.1. The Labute approximate surface area is 380 Å². The van der Waals surface area contributed by atoms with Crippen molar-refractivity contribution in [1.82, 2.24) is 15.0 Å². The molecule has 3 nitrogen and oxygen atoms in total. The summed E-state index contributed by atoms with van der Waals surface area (Å²) in [6.45, 7) is 9.34. The van der Waals surface area contributed by atoms with Gasteiger partial charge in [0.1, 0.15) is 0 Å². The molecule has 0 fully saturated rings. The zero-order valence-electron chi connectivity index (χ0n) is 36.9. The Hall–Kier alpha value is -7.75. The average Bonchev–Trinajstić information content (AvgIpc) is 3.88. The van der Waals surface area contributed by atoms with Gasteiger partial charge in [-0.25, -0.2) is 15.0 Å². The van der Waals surface area contributed by atoms with Gasteiger partial charge >= 0.3 is 0 Å². The Kier molecular flexibility index (Phi) is 7.92. The van der Waals surface area contributed by atoms with E-state index in [4.69, 9.17) is 15.0 Å². The molecule has 3 aliphatic carbocycles. The van der Waals surface area contributed by atoms with Crippen LogP contribution < -0.4 is 0 Å². The third kappa shape index (κ3) is 5.27. The first-order chi connectivity index (χ1) is 31.7. The van der Waals surface area contributed by atoms with Crippen LogP contribution in [0.2, 0.25) is 0 Å². The molecule has 1 heterocycles. The highest BCUT2D eigenvalue weighted by atomic mass is 15.0. The first-order valence-corrected chi connectivity index (χ1v) is 22.8. The lowest BCUT2D eigenvalue weighted by molar-refractivity contribution is 0.660. The number of rotatable bonds is 5. The van der Waals surface area contributed by atoms with Crippen molar-refractivity contribution >= 4 is 10.8 Å². The maximum absolute atomic E-state index is 5.42. The minimum Gasteiger partial charge on any atom is -0.208 e. The number of hydrogen-bond donors (Lipinski definition) is 0. The van der Waals surface area contributed by atoms with E-state index >= 15 is 0 Å². The minimum atomic E-state index is -0.490. The molecule has 0 saturated carbocycles. The van der Waals surface area contributed by atoms with Crippen molar-refractivity contribution in [2.75, 3.05) is 0 Å². The van der Waals surface area contributed by atoms with E-state index in [2.05, 4.69) is 228 Å². The topological polar surface area (TPSA) is 38.7 Å². The third-order valence-electron chi connectivity index (χ3n) is 15.0. The fourth-order valence-electron chi connectivity index (χ4n) is 11.9.